The second kappa shape index (κ2) is 9.27. The molecule has 0 saturated carbocycles. The van der Waals surface area contributed by atoms with Crippen molar-refractivity contribution in [1.29, 1.82) is 0 Å². The molecule has 0 saturated heterocycles. The van der Waals surface area contributed by atoms with Crippen molar-refractivity contribution in [3.05, 3.63) is 51.1 Å². The standard InChI is InChI=1S/C18H19IN2O5/c1-4-26-12-7-5-11(6-8-12)17(22)20-21-18(23)13-9-15(24-2)16(25-3)10-14(13)19/h5-10H,4H2,1-3H3,(H,20,22)(H,21,23). The van der Waals surface area contributed by atoms with Gasteiger partial charge in [0.1, 0.15) is 5.75 Å². The van der Waals surface area contributed by atoms with Crippen LogP contribution in [0.4, 0.5) is 0 Å². The van der Waals surface area contributed by atoms with Gasteiger partial charge in [-0.25, -0.2) is 0 Å². The number of carbonyl (C=O) groups is 2. The lowest BCUT2D eigenvalue weighted by Crippen LogP contribution is -2.41. The van der Waals surface area contributed by atoms with E-state index >= 15 is 0 Å². The van der Waals surface area contributed by atoms with Crippen LogP contribution in [0.15, 0.2) is 36.4 Å². The molecule has 2 N–H and O–H groups in total. The summed E-state index contributed by atoms with van der Waals surface area (Å²) in [7, 11) is 3.00. The minimum Gasteiger partial charge on any atom is -0.494 e. The fourth-order valence-electron chi connectivity index (χ4n) is 2.15. The van der Waals surface area contributed by atoms with Crippen LogP contribution in [0.2, 0.25) is 0 Å². The maximum atomic E-state index is 12.4. The van der Waals surface area contributed by atoms with Crippen LogP contribution < -0.4 is 25.1 Å². The van der Waals surface area contributed by atoms with E-state index in [1.165, 1.54) is 14.2 Å². The number of hydrazine groups is 1. The number of nitrogens with one attached hydrogen (secondary N) is 2. The molecule has 7 nitrogen and oxygen atoms in total. The highest BCUT2D eigenvalue weighted by Gasteiger charge is 2.16. The van der Waals surface area contributed by atoms with Crippen molar-refractivity contribution in [2.75, 3.05) is 20.8 Å². The van der Waals surface area contributed by atoms with Crippen molar-refractivity contribution in [1.82, 2.24) is 10.9 Å². The van der Waals surface area contributed by atoms with Crippen LogP contribution in [0.25, 0.3) is 0 Å². The zero-order chi connectivity index (χ0) is 19.1. The molecule has 0 heterocycles. The molecule has 8 heteroatoms. The zero-order valence-electron chi connectivity index (χ0n) is 14.6. The molecule has 0 bridgehead atoms. The Bertz CT molecular complexity index is 793. The molecule has 0 aliphatic carbocycles. The number of rotatable bonds is 6. The topological polar surface area (TPSA) is 85.9 Å². The van der Waals surface area contributed by atoms with Gasteiger partial charge < -0.3 is 14.2 Å². The van der Waals surface area contributed by atoms with Gasteiger partial charge in [0.15, 0.2) is 11.5 Å². The van der Waals surface area contributed by atoms with Gasteiger partial charge >= 0.3 is 0 Å². The van der Waals surface area contributed by atoms with Crippen molar-refractivity contribution in [3.8, 4) is 17.2 Å². The second-order valence-corrected chi connectivity index (χ2v) is 6.21. The number of halogens is 1. The Morgan fingerprint density at radius 1 is 0.962 bits per heavy atom. The van der Waals surface area contributed by atoms with Gasteiger partial charge in [0.25, 0.3) is 11.8 Å². The predicted octanol–water partition coefficient (Wildman–Crippen LogP) is 2.78. The SMILES string of the molecule is CCOc1ccc(C(=O)NNC(=O)c2cc(OC)c(OC)cc2I)cc1. The van der Waals surface area contributed by atoms with Gasteiger partial charge in [0.2, 0.25) is 0 Å². The number of benzene rings is 2. The molecule has 2 aromatic carbocycles. The molecule has 0 fully saturated rings. The monoisotopic (exact) mass is 470 g/mol. The maximum absolute atomic E-state index is 12.4. The Hall–Kier alpha value is -2.49. The summed E-state index contributed by atoms with van der Waals surface area (Å²) in [6.45, 7) is 2.43. The van der Waals surface area contributed by atoms with E-state index in [0.717, 1.165) is 0 Å². The van der Waals surface area contributed by atoms with Crippen LogP contribution in [0.3, 0.4) is 0 Å². The molecule has 0 aromatic heterocycles. The molecule has 0 radical (unpaired) electrons. The first-order chi connectivity index (χ1) is 12.5. The maximum Gasteiger partial charge on any atom is 0.270 e. The van der Waals surface area contributed by atoms with E-state index in [2.05, 4.69) is 10.9 Å². The van der Waals surface area contributed by atoms with E-state index in [-0.39, 0.29) is 0 Å². The van der Waals surface area contributed by atoms with Crippen LogP contribution >= 0.6 is 22.6 Å². The first kappa shape index (κ1) is 19.8. The summed E-state index contributed by atoms with van der Waals surface area (Å²) in [4.78, 5) is 24.5. The fraction of sp³-hybridized carbons (Fsp3) is 0.222. The number of hydrogen-bond donors (Lipinski definition) is 2. The van der Waals surface area contributed by atoms with Gasteiger partial charge in [-0.1, -0.05) is 0 Å². The van der Waals surface area contributed by atoms with Crippen LogP contribution in [0.1, 0.15) is 27.6 Å². The van der Waals surface area contributed by atoms with Gasteiger partial charge in [0, 0.05) is 9.13 Å². The largest absolute Gasteiger partial charge is 0.494 e. The summed E-state index contributed by atoms with van der Waals surface area (Å²) in [5.74, 6) is 0.724. The number of hydrogen-bond acceptors (Lipinski definition) is 5. The molecule has 0 atom stereocenters. The normalized spacial score (nSPS) is 10.0. The summed E-state index contributed by atoms with van der Waals surface area (Å²) in [6, 6.07) is 9.86. The lowest BCUT2D eigenvalue weighted by atomic mass is 10.2. The highest BCUT2D eigenvalue weighted by atomic mass is 127. The molecule has 2 rings (SSSR count). The van der Waals surface area contributed by atoms with Crippen LogP contribution in [0.5, 0.6) is 17.2 Å². The van der Waals surface area contributed by atoms with Crippen molar-refractivity contribution >= 4 is 34.4 Å². The molecular formula is C18H19IN2O5. The van der Waals surface area contributed by atoms with E-state index in [0.29, 0.717) is 38.6 Å². The molecule has 0 aliphatic heterocycles. The van der Waals surface area contributed by atoms with E-state index in [1.807, 2.05) is 29.5 Å². The van der Waals surface area contributed by atoms with Crippen molar-refractivity contribution in [3.63, 3.8) is 0 Å². The minimum absolute atomic E-state index is 0.357. The third kappa shape index (κ3) is 4.78. The second-order valence-electron chi connectivity index (χ2n) is 5.05. The van der Waals surface area contributed by atoms with E-state index in [4.69, 9.17) is 14.2 Å². The quantitative estimate of drug-likeness (QED) is 0.501. The van der Waals surface area contributed by atoms with Gasteiger partial charge in [-0.05, 0) is 65.9 Å². The summed E-state index contributed by atoms with van der Waals surface area (Å²) in [5.41, 5.74) is 5.54. The van der Waals surface area contributed by atoms with E-state index in [1.54, 1.807) is 36.4 Å². The van der Waals surface area contributed by atoms with E-state index in [9.17, 15) is 9.59 Å². The molecule has 0 spiro atoms. The first-order valence-corrected chi connectivity index (χ1v) is 8.83. The zero-order valence-corrected chi connectivity index (χ0v) is 16.7. The predicted molar refractivity (Wildman–Crippen MR) is 105 cm³/mol. The highest BCUT2D eigenvalue weighted by Crippen LogP contribution is 2.31. The van der Waals surface area contributed by atoms with Crippen molar-refractivity contribution in [2.45, 2.75) is 6.92 Å². The lowest BCUT2D eigenvalue weighted by Gasteiger charge is -2.12. The Balaban J connectivity index is 2.05. The highest BCUT2D eigenvalue weighted by molar-refractivity contribution is 14.1. The van der Waals surface area contributed by atoms with Gasteiger partial charge in [-0.2, -0.15) is 0 Å². The molecule has 138 valence electrons. The number of ether oxygens (including phenoxy) is 3. The first-order valence-electron chi connectivity index (χ1n) is 7.75. The lowest BCUT2D eigenvalue weighted by molar-refractivity contribution is 0.0846. The van der Waals surface area contributed by atoms with Crippen molar-refractivity contribution < 1.29 is 23.8 Å². The summed E-state index contributed by atoms with van der Waals surface area (Å²) < 4.78 is 16.4. The average molecular weight is 470 g/mol. The molecular weight excluding hydrogens is 451 g/mol. The minimum atomic E-state index is -0.463. The fourth-order valence-corrected chi connectivity index (χ4v) is 2.83. The molecule has 2 amide bonds. The smallest absolute Gasteiger partial charge is 0.270 e. The number of carbonyl (C=O) groups excluding carboxylic acids is 2. The number of amides is 2. The van der Waals surface area contributed by atoms with Crippen molar-refractivity contribution in [2.24, 2.45) is 0 Å². The summed E-state index contributed by atoms with van der Waals surface area (Å²) in [5, 5.41) is 0. The molecule has 2 aromatic rings. The molecule has 26 heavy (non-hydrogen) atoms. The van der Waals surface area contributed by atoms with Crippen LogP contribution in [0, 0.1) is 3.57 Å². The Morgan fingerprint density at radius 3 is 2.12 bits per heavy atom. The van der Waals surface area contributed by atoms with Crippen LogP contribution in [-0.2, 0) is 0 Å². The average Bonchev–Trinajstić information content (AvgIpc) is 2.66. The Labute approximate surface area is 165 Å². The van der Waals surface area contributed by atoms with E-state index < -0.39 is 11.8 Å². The summed E-state index contributed by atoms with van der Waals surface area (Å²) >= 11 is 2.01. The van der Waals surface area contributed by atoms with Gasteiger partial charge in [-0.3, -0.25) is 20.4 Å². The third-order valence-electron chi connectivity index (χ3n) is 3.43. The van der Waals surface area contributed by atoms with Gasteiger partial charge in [-0.15, -0.1) is 0 Å². The third-order valence-corrected chi connectivity index (χ3v) is 4.33. The molecule has 0 aliphatic rings. The summed E-state index contributed by atoms with van der Waals surface area (Å²) in [6.07, 6.45) is 0. The van der Waals surface area contributed by atoms with Crippen LogP contribution in [-0.4, -0.2) is 32.6 Å². The Morgan fingerprint density at radius 2 is 1.54 bits per heavy atom. The Kier molecular flexibility index (Phi) is 7.07. The molecule has 0 unspecified atom stereocenters. The van der Waals surface area contributed by atoms with Gasteiger partial charge in [0.05, 0.1) is 26.4 Å². The number of methoxy groups -OCH3 is 2.